The number of aromatic nitrogens is 2. The quantitative estimate of drug-likeness (QED) is 0.517. The fraction of sp³-hybridized carbons (Fsp3) is 0.400. The van der Waals surface area contributed by atoms with E-state index in [4.69, 9.17) is 4.98 Å². The second-order valence-electron chi connectivity index (χ2n) is 8.55. The number of hydrogen-bond acceptors (Lipinski definition) is 3. The highest BCUT2D eigenvalue weighted by Crippen LogP contribution is 2.24. The Hall–Kier alpha value is -2.67. The van der Waals surface area contributed by atoms with Gasteiger partial charge in [0.05, 0.1) is 17.1 Å². The number of fused-ring (bicyclic) bond motifs is 1. The molecule has 0 saturated heterocycles. The summed E-state index contributed by atoms with van der Waals surface area (Å²) in [5, 5.41) is 3.04. The Morgan fingerprint density at radius 1 is 1.16 bits per heavy atom. The topological polar surface area (TPSA) is 67.2 Å². The van der Waals surface area contributed by atoms with Gasteiger partial charge in [0, 0.05) is 23.1 Å². The van der Waals surface area contributed by atoms with E-state index in [1.165, 1.54) is 19.3 Å². The average molecular weight is 497 g/mol. The fourth-order valence-electron chi connectivity index (χ4n) is 4.48. The molecule has 0 radical (unpaired) electrons. The number of likely N-dealkylation sites (N-methyl/N-ethyl adjacent to an activating group) is 1. The molecule has 4 rings (SSSR count). The first-order valence-electron chi connectivity index (χ1n) is 11.2. The minimum Gasteiger partial charge on any atom is -0.342 e. The minimum absolute atomic E-state index is 0.0758. The molecule has 0 bridgehead atoms. The van der Waals surface area contributed by atoms with Crippen molar-refractivity contribution in [3.8, 4) is 0 Å². The van der Waals surface area contributed by atoms with Crippen molar-refractivity contribution >= 4 is 38.8 Å². The van der Waals surface area contributed by atoms with Crippen molar-refractivity contribution in [1.82, 2.24) is 19.8 Å². The molecule has 3 aromatic rings. The monoisotopic (exact) mass is 496 g/mol. The number of rotatable bonds is 6. The van der Waals surface area contributed by atoms with Gasteiger partial charge < -0.3 is 14.8 Å². The van der Waals surface area contributed by atoms with Crippen LogP contribution in [0.25, 0.3) is 11.0 Å². The Morgan fingerprint density at radius 2 is 1.91 bits per heavy atom. The molecule has 1 aliphatic carbocycles. The van der Waals surface area contributed by atoms with Crippen molar-refractivity contribution in [3.63, 3.8) is 0 Å². The summed E-state index contributed by atoms with van der Waals surface area (Å²) in [6, 6.07) is 15.0. The van der Waals surface area contributed by atoms with E-state index in [9.17, 15) is 9.59 Å². The summed E-state index contributed by atoms with van der Waals surface area (Å²) in [5.41, 5.74) is 2.29. The highest BCUT2D eigenvalue weighted by atomic mass is 79.9. The summed E-state index contributed by atoms with van der Waals surface area (Å²) >= 11 is 3.41. The van der Waals surface area contributed by atoms with Gasteiger partial charge in [-0.05, 0) is 50.1 Å². The first-order chi connectivity index (χ1) is 15.4. The Kier molecular flexibility index (Phi) is 6.94. The van der Waals surface area contributed by atoms with E-state index in [0.717, 1.165) is 28.3 Å². The van der Waals surface area contributed by atoms with Crippen LogP contribution in [-0.2, 0) is 11.3 Å². The largest absolute Gasteiger partial charge is 0.342 e. The number of nitrogens with one attached hydrogen (secondary N) is 1. The standard InChI is InChI=1S/C25H29BrN4O2/c1-17(27-25(32)18-9-8-10-19(26)15-18)24-28-21-13-6-7-14-22(21)30(24)16-23(31)29(2)20-11-4-3-5-12-20/h6-10,13-15,17,20H,3-5,11-12,16H2,1-2H3,(H,27,32). The Labute approximate surface area is 197 Å². The Morgan fingerprint density at radius 3 is 2.66 bits per heavy atom. The lowest BCUT2D eigenvalue weighted by atomic mass is 9.94. The summed E-state index contributed by atoms with van der Waals surface area (Å²) in [4.78, 5) is 32.7. The van der Waals surface area contributed by atoms with E-state index in [1.807, 2.05) is 59.8 Å². The molecule has 1 heterocycles. The van der Waals surface area contributed by atoms with Gasteiger partial charge in [-0.25, -0.2) is 4.98 Å². The molecule has 32 heavy (non-hydrogen) atoms. The van der Waals surface area contributed by atoms with Gasteiger partial charge in [-0.1, -0.05) is 53.4 Å². The number of nitrogens with zero attached hydrogens (tertiary/aromatic N) is 3. The number of carbonyl (C=O) groups excluding carboxylic acids is 2. The third-order valence-electron chi connectivity index (χ3n) is 6.31. The van der Waals surface area contributed by atoms with Crippen LogP contribution >= 0.6 is 15.9 Å². The van der Waals surface area contributed by atoms with Gasteiger partial charge >= 0.3 is 0 Å². The molecule has 1 atom stereocenters. The van der Waals surface area contributed by atoms with Gasteiger partial charge in [-0.15, -0.1) is 0 Å². The molecule has 1 aromatic heterocycles. The molecule has 6 nitrogen and oxygen atoms in total. The maximum absolute atomic E-state index is 13.2. The Bertz CT molecular complexity index is 1120. The van der Waals surface area contributed by atoms with E-state index >= 15 is 0 Å². The van der Waals surface area contributed by atoms with Crippen LogP contribution in [0.3, 0.4) is 0 Å². The average Bonchev–Trinajstić information content (AvgIpc) is 3.17. The molecule has 0 aliphatic heterocycles. The normalized spacial score (nSPS) is 15.5. The van der Waals surface area contributed by atoms with Crippen molar-refractivity contribution in [3.05, 3.63) is 64.4 Å². The van der Waals surface area contributed by atoms with E-state index < -0.39 is 0 Å². The molecule has 1 unspecified atom stereocenters. The van der Waals surface area contributed by atoms with E-state index in [1.54, 1.807) is 12.1 Å². The SMILES string of the molecule is CC(NC(=O)c1cccc(Br)c1)c1nc2ccccc2n1CC(=O)N(C)C1CCCCC1. The van der Waals surface area contributed by atoms with Crippen LogP contribution in [0.5, 0.6) is 0 Å². The number of para-hydroxylation sites is 2. The Balaban J connectivity index is 1.58. The highest BCUT2D eigenvalue weighted by Gasteiger charge is 2.25. The predicted molar refractivity (Wildman–Crippen MR) is 129 cm³/mol. The summed E-state index contributed by atoms with van der Waals surface area (Å²) in [6.07, 6.45) is 5.75. The summed E-state index contributed by atoms with van der Waals surface area (Å²) in [5.74, 6) is 0.579. The lowest BCUT2D eigenvalue weighted by Crippen LogP contribution is -2.40. The zero-order valence-corrected chi connectivity index (χ0v) is 20.1. The number of hydrogen-bond donors (Lipinski definition) is 1. The van der Waals surface area contributed by atoms with Crippen LogP contribution < -0.4 is 5.32 Å². The molecule has 1 fully saturated rings. The van der Waals surface area contributed by atoms with Gasteiger partial charge in [0.1, 0.15) is 12.4 Å². The van der Waals surface area contributed by atoms with Gasteiger partial charge in [-0.2, -0.15) is 0 Å². The second kappa shape index (κ2) is 9.86. The van der Waals surface area contributed by atoms with Crippen molar-refractivity contribution < 1.29 is 9.59 Å². The maximum Gasteiger partial charge on any atom is 0.251 e. The summed E-state index contributed by atoms with van der Waals surface area (Å²) in [7, 11) is 1.91. The summed E-state index contributed by atoms with van der Waals surface area (Å²) < 4.78 is 2.80. The van der Waals surface area contributed by atoms with Crippen molar-refractivity contribution in [2.75, 3.05) is 7.05 Å². The first-order valence-corrected chi connectivity index (χ1v) is 12.0. The number of imidazole rings is 1. The molecule has 1 aliphatic rings. The predicted octanol–water partition coefficient (Wildman–Crippen LogP) is 5.08. The van der Waals surface area contributed by atoms with Gasteiger partial charge in [0.25, 0.3) is 5.91 Å². The maximum atomic E-state index is 13.2. The number of amides is 2. The molecule has 168 valence electrons. The van der Waals surface area contributed by atoms with Gasteiger partial charge in [-0.3, -0.25) is 9.59 Å². The molecule has 2 amide bonds. The number of carbonyl (C=O) groups is 2. The number of benzene rings is 2. The van der Waals surface area contributed by atoms with Crippen molar-refractivity contribution in [1.29, 1.82) is 0 Å². The van der Waals surface area contributed by atoms with Crippen LogP contribution in [-0.4, -0.2) is 39.4 Å². The van der Waals surface area contributed by atoms with Crippen LogP contribution in [0.4, 0.5) is 0 Å². The first kappa shape index (κ1) is 22.5. The van der Waals surface area contributed by atoms with E-state index in [2.05, 4.69) is 21.2 Å². The van der Waals surface area contributed by atoms with E-state index in [0.29, 0.717) is 17.4 Å². The van der Waals surface area contributed by atoms with Crippen LogP contribution in [0.2, 0.25) is 0 Å². The third-order valence-corrected chi connectivity index (χ3v) is 6.81. The third kappa shape index (κ3) is 4.88. The van der Waals surface area contributed by atoms with Crippen LogP contribution in [0.1, 0.15) is 61.3 Å². The lowest BCUT2D eigenvalue weighted by Gasteiger charge is -2.31. The van der Waals surface area contributed by atoms with Crippen molar-refractivity contribution in [2.24, 2.45) is 0 Å². The van der Waals surface area contributed by atoms with Gasteiger partial charge in [0.2, 0.25) is 5.91 Å². The van der Waals surface area contributed by atoms with E-state index in [-0.39, 0.29) is 24.4 Å². The second-order valence-corrected chi connectivity index (χ2v) is 9.46. The van der Waals surface area contributed by atoms with Crippen LogP contribution in [0.15, 0.2) is 53.0 Å². The number of halogens is 1. The van der Waals surface area contributed by atoms with Gasteiger partial charge in [0.15, 0.2) is 0 Å². The lowest BCUT2D eigenvalue weighted by molar-refractivity contribution is -0.133. The smallest absolute Gasteiger partial charge is 0.251 e. The molecular weight excluding hydrogens is 468 g/mol. The molecule has 0 spiro atoms. The zero-order chi connectivity index (χ0) is 22.7. The molecule has 2 aromatic carbocycles. The highest BCUT2D eigenvalue weighted by molar-refractivity contribution is 9.10. The molecule has 1 saturated carbocycles. The van der Waals surface area contributed by atoms with Crippen LogP contribution in [0, 0.1) is 0 Å². The molecule has 7 heteroatoms. The minimum atomic E-state index is -0.360. The fourth-order valence-corrected chi connectivity index (χ4v) is 4.88. The van der Waals surface area contributed by atoms with Crippen molar-refractivity contribution in [2.45, 2.75) is 57.7 Å². The zero-order valence-electron chi connectivity index (χ0n) is 18.6. The summed E-state index contributed by atoms with van der Waals surface area (Å²) in [6.45, 7) is 2.11. The molecule has 1 N–H and O–H groups in total. The molecular formula is C25H29BrN4O2.